The molecule has 20 heavy (non-hydrogen) atoms. The number of halogens is 2. The first kappa shape index (κ1) is 17.6. The van der Waals surface area contributed by atoms with Crippen molar-refractivity contribution in [3.05, 3.63) is 28.8 Å². The summed E-state index contributed by atoms with van der Waals surface area (Å²) in [6.45, 7) is 0.218. The predicted molar refractivity (Wildman–Crippen MR) is 84.8 cm³/mol. The third-order valence-corrected chi connectivity index (χ3v) is 4.37. The molecule has 1 heterocycles. The van der Waals surface area contributed by atoms with Crippen LogP contribution in [0, 0.1) is 0 Å². The lowest BCUT2D eigenvalue weighted by Crippen LogP contribution is -2.45. The SMILES string of the molecule is COCC(N)C(=O)NC1CCSc2ccc(Cl)cc21.Cl. The van der Waals surface area contributed by atoms with Gasteiger partial charge in [0.15, 0.2) is 0 Å². The van der Waals surface area contributed by atoms with E-state index in [-0.39, 0.29) is 31.0 Å². The number of carbonyl (C=O) groups is 1. The molecule has 2 rings (SSSR count). The number of benzene rings is 1. The average Bonchev–Trinajstić information content (AvgIpc) is 2.39. The maximum Gasteiger partial charge on any atom is 0.239 e. The molecule has 0 aromatic heterocycles. The normalized spacial score (nSPS) is 18.6. The summed E-state index contributed by atoms with van der Waals surface area (Å²) in [6, 6.07) is 5.12. The smallest absolute Gasteiger partial charge is 0.239 e. The zero-order chi connectivity index (χ0) is 13.8. The van der Waals surface area contributed by atoms with E-state index in [0.29, 0.717) is 5.02 Å². The zero-order valence-electron chi connectivity index (χ0n) is 11.1. The van der Waals surface area contributed by atoms with Crippen molar-refractivity contribution in [1.29, 1.82) is 0 Å². The standard InChI is InChI=1S/C13H17ClN2O2S.ClH/c1-18-7-10(15)13(17)16-11-4-5-19-12-3-2-8(14)6-9(11)12;/h2-3,6,10-11H,4-5,7,15H2,1H3,(H,16,17);1H. The number of ether oxygens (including phenoxy) is 1. The van der Waals surface area contributed by atoms with Gasteiger partial charge in [-0.25, -0.2) is 0 Å². The number of rotatable bonds is 4. The molecular weight excluding hydrogens is 319 g/mol. The highest BCUT2D eigenvalue weighted by molar-refractivity contribution is 7.99. The highest BCUT2D eigenvalue weighted by atomic mass is 35.5. The molecule has 0 saturated heterocycles. The minimum atomic E-state index is -0.637. The molecule has 1 amide bonds. The number of amides is 1. The average molecular weight is 337 g/mol. The van der Waals surface area contributed by atoms with Crippen molar-refractivity contribution in [3.8, 4) is 0 Å². The number of carbonyl (C=O) groups excluding carboxylic acids is 1. The third-order valence-electron chi connectivity index (χ3n) is 3.01. The van der Waals surface area contributed by atoms with Crippen molar-refractivity contribution < 1.29 is 9.53 Å². The molecule has 112 valence electrons. The quantitative estimate of drug-likeness (QED) is 0.886. The third kappa shape index (κ3) is 4.27. The first-order chi connectivity index (χ1) is 9.11. The lowest BCUT2D eigenvalue weighted by Gasteiger charge is -2.27. The molecular formula is C13H18Cl2N2O2S. The van der Waals surface area contributed by atoms with Crippen LogP contribution in [0.4, 0.5) is 0 Å². The Hall–Kier alpha value is -0.460. The van der Waals surface area contributed by atoms with Crippen LogP contribution in [0.25, 0.3) is 0 Å². The molecule has 0 aliphatic carbocycles. The van der Waals surface area contributed by atoms with Crippen molar-refractivity contribution >= 4 is 41.7 Å². The Bertz CT molecular complexity index is 474. The molecule has 0 saturated carbocycles. The molecule has 7 heteroatoms. The summed E-state index contributed by atoms with van der Waals surface area (Å²) in [7, 11) is 1.53. The first-order valence-electron chi connectivity index (χ1n) is 6.09. The second-order valence-electron chi connectivity index (χ2n) is 4.44. The summed E-state index contributed by atoms with van der Waals surface area (Å²) in [5.41, 5.74) is 6.80. The second kappa shape index (κ2) is 8.10. The number of methoxy groups -OCH3 is 1. The van der Waals surface area contributed by atoms with Gasteiger partial charge < -0.3 is 15.8 Å². The lowest BCUT2D eigenvalue weighted by atomic mass is 10.0. The summed E-state index contributed by atoms with van der Waals surface area (Å²) in [5, 5.41) is 3.65. The molecule has 1 aliphatic rings. The fraction of sp³-hybridized carbons (Fsp3) is 0.462. The van der Waals surface area contributed by atoms with Gasteiger partial charge in [-0.1, -0.05) is 11.6 Å². The number of hydrogen-bond donors (Lipinski definition) is 2. The molecule has 3 N–H and O–H groups in total. The van der Waals surface area contributed by atoms with E-state index in [0.717, 1.165) is 17.7 Å². The molecule has 0 fully saturated rings. The van der Waals surface area contributed by atoms with E-state index in [4.69, 9.17) is 22.1 Å². The minimum absolute atomic E-state index is 0. The van der Waals surface area contributed by atoms with Gasteiger partial charge in [0.1, 0.15) is 6.04 Å². The maximum atomic E-state index is 11.9. The van der Waals surface area contributed by atoms with Gasteiger partial charge in [0.25, 0.3) is 0 Å². The van der Waals surface area contributed by atoms with Crippen LogP contribution in [-0.2, 0) is 9.53 Å². The van der Waals surface area contributed by atoms with Crippen LogP contribution in [0.3, 0.4) is 0 Å². The molecule has 0 bridgehead atoms. The molecule has 2 unspecified atom stereocenters. The number of hydrogen-bond acceptors (Lipinski definition) is 4. The molecule has 1 aromatic rings. The number of fused-ring (bicyclic) bond motifs is 1. The van der Waals surface area contributed by atoms with Crippen LogP contribution in [0.1, 0.15) is 18.0 Å². The molecule has 0 radical (unpaired) electrons. The van der Waals surface area contributed by atoms with Crippen molar-refractivity contribution in [2.24, 2.45) is 5.73 Å². The van der Waals surface area contributed by atoms with Crippen LogP contribution in [-0.4, -0.2) is 31.4 Å². The van der Waals surface area contributed by atoms with Gasteiger partial charge in [-0.05, 0) is 30.2 Å². The highest BCUT2D eigenvalue weighted by Gasteiger charge is 2.24. The van der Waals surface area contributed by atoms with E-state index in [2.05, 4.69) is 5.32 Å². The fourth-order valence-electron chi connectivity index (χ4n) is 2.05. The van der Waals surface area contributed by atoms with Crippen LogP contribution >= 0.6 is 35.8 Å². The Morgan fingerprint density at radius 2 is 2.40 bits per heavy atom. The Balaban J connectivity index is 0.00000200. The van der Waals surface area contributed by atoms with Crippen LogP contribution < -0.4 is 11.1 Å². The van der Waals surface area contributed by atoms with Gasteiger partial charge >= 0.3 is 0 Å². The molecule has 1 aliphatic heterocycles. The number of thioether (sulfide) groups is 1. The van der Waals surface area contributed by atoms with Gasteiger partial charge in [0.05, 0.1) is 12.6 Å². The molecule has 4 nitrogen and oxygen atoms in total. The summed E-state index contributed by atoms with van der Waals surface area (Å²) >= 11 is 7.81. The molecule has 2 atom stereocenters. The van der Waals surface area contributed by atoms with Gasteiger partial charge in [-0.3, -0.25) is 4.79 Å². The van der Waals surface area contributed by atoms with Gasteiger partial charge in [-0.2, -0.15) is 0 Å². The monoisotopic (exact) mass is 336 g/mol. The number of nitrogens with one attached hydrogen (secondary N) is 1. The molecule has 0 spiro atoms. The number of nitrogens with two attached hydrogens (primary N) is 1. The van der Waals surface area contributed by atoms with Crippen molar-refractivity contribution in [3.63, 3.8) is 0 Å². The Kier molecular flexibility index (Phi) is 7.12. The first-order valence-corrected chi connectivity index (χ1v) is 7.45. The summed E-state index contributed by atoms with van der Waals surface area (Å²) in [5.74, 6) is 0.781. The predicted octanol–water partition coefficient (Wildman–Crippen LogP) is 2.39. The van der Waals surface area contributed by atoms with E-state index in [9.17, 15) is 4.79 Å². The lowest BCUT2D eigenvalue weighted by molar-refractivity contribution is -0.124. The minimum Gasteiger partial charge on any atom is -0.383 e. The highest BCUT2D eigenvalue weighted by Crippen LogP contribution is 2.37. The Morgan fingerprint density at radius 1 is 1.65 bits per heavy atom. The van der Waals surface area contributed by atoms with Crippen molar-refractivity contribution in [2.75, 3.05) is 19.5 Å². The second-order valence-corrected chi connectivity index (χ2v) is 6.02. The van der Waals surface area contributed by atoms with Gasteiger partial charge in [-0.15, -0.1) is 24.2 Å². The van der Waals surface area contributed by atoms with E-state index in [1.807, 2.05) is 18.2 Å². The van der Waals surface area contributed by atoms with E-state index >= 15 is 0 Å². The van der Waals surface area contributed by atoms with Crippen LogP contribution in [0.2, 0.25) is 5.02 Å². The summed E-state index contributed by atoms with van der Waals surface area (Å²) in [6.07, 6.45) is 0.878. The zero-order valence-corrected chi connectivity index (χ0v) is 13.5. The summed E-state index contributed by atoms with van der Waals surface area (Å²) < 4.78 is 4.89. The Morgan fingerprint density at radius 3 is 3.10 bits per heavy atom. The molecule has 1 aromatic carbocycles. The maximum absolute atomic E-state index is 11.9. The van der Waals surface area contributed by atoms with Gasteiger partial charge in [0.2, 0.25) is 5.91 Å². The largest absolute Gasteiger partial charge is 0.383 e. The van der Waals surface area contributed by atoms with Crippen LogP contribution in [0.5, 0.6) is 0 Å². The van der Waals surface area contributed by atoms with E-state index < -0.39 is 6.04 Å². The van der Waals surface area contributed by atoms with E-state index in [1.165, 1.54) is 12.0 Å². The summed E-state index contributed by atoms with van der Waals surface area (Å²) in [4.78, 5) is 13.1. The van der Waals surface area contributed by atoms with Crippen LogP contribution in [0.15, 0.2) is 23.1 Å². The van der Waals surface area contributed by atoms with Crippen molar-refractivity contribution in [1.82, 2.24) is 5.32 Å². The van der Waals surface area contributed by atoms with Crippen molar-refractivity contribution in [2.45, 2.75) is 23.4 Å². The van der Waals surface area contributed by atoms with E-state index in [1.54, 1.807) is 11.8 Å². The Labute approximate surface area is 134 Å². The van der Waals surface area contributed by atoms with Gasteiger partial charge in [0, 0.05) is 22.8 Å². The topological polar surface area (TPSA) is 64.3 Å². The fourth-order valence-corrected chi connectivity index (χ4v) is 3.34.